The van der Waals surface area contributed by atoms with Crippen molar-refractivity contribution in [1.82, 2.24) is 24.7 Å². The molecule has 23 heavy (non-hydrogen) atoms. The van der Waals surface area contributed by atoms with Gasteiger partial charge in [0.1, 0.15) is 0 Å². The molecule has 0 aliphatic carbocycles. The summed E-state index contributed by atoms with van der Waals surface area (Å²) < 4.78 is 0. The zero-order valence-corrected chi connectivity index (χ0v) is 13.9. The Morgan fingerprint density at radius 2 is 1.96 bits per heavy atom. The van der Waals surface area contributed by atoms with Crippen LogP contribution in [0.25, 0.3) is 0 Å². The summed E-state index contributed by atoms with van der Waals surface area (Å²) >= 11 is 0. The van der Waals surface area contributed by atoms with Crippen LogP contribution in [0.3, 0.4) is 0 Å². The van der Waals surface area contributed by atoms with E-state index in [-0.39, 0.29) is 23.8 Å². The SMILES string of the molecule is CN(C)C(=O)N1CCC[C@@H](C(=O)N(C)Cc2cnc(N)nc2)C1. The highest BCUT2D eigenvalue weighted by Crippen LogP contribution is 2.20. The van der Waals surface area contributed by atoms with Crippen LogP contribution in [0, 0.1) is 5.92 Å². The van der Waals surface area contributed by atoms with Gasteiger partial charge in [0.2, 0.25) is 11.9 Å². The first-order valence-electron chi connectivity index (χ1n) is 7.66. The minimum Gasteiger partial charge on any atom is -0.368 e. The van der Waals surface area contributed by atoms with Crippen LogP contribution in [0.1, 0.15) is 18.4 Å². The molecule has 2 rings (SSSR count). The molecule has 0 saturated carbocycles. The van der Waals surface area contributed by atoms with Gasteiger partial charge in [-0.3, -0.25) is 4.79 Å². The minimum atomic E-state index is -0.160. The van der Waals surface area contributed by atoms with Gasteiger partial charge in [-0.15, -0.1) is 0 Å². The smallest absolute Gasteiger partial charge is 0.319 e. The predicted octanol–water partition coefficient (Wildman–Crippen LogP) is 0.411. The number of carbonyl (C=O) groups excluding carboxylic acids is 2. The summed E-state index contributed by atoms with van der Waals surface area (Å²) in [7, 11) is 5.20. The third-order valence-electron chi connectivity index (χ3n) is 3.94. The molecule has 8 nitrogen and oxygen atoms in total. The van der Waals surface area contributed by atoms with Crippen molar-refractivity contribution in [3.63, 3.8) is 0 Å². The van der Waals surface area contributed by atoms with Gasteiger partial charge in [0.05, 0.1) is 5.92 Å². The first-order chi connectivity index (χ1) is 10.9. The van der Waals surface area contributed by atoms with E-state index >= 15 is 0 Å². The van der Waals surface area contributed by atoms with Gasteiger partial charge in [-0.25, -0.2) is 14.8 Å². The molecular formula is C15H24N6O2. The lowest BCUT2D eigenvalue weighted by molar-refractivity contribution is -0.136. The Morgan fingerprint density at radius 1 is 1.30 bits per heavy atom. The van der Waals surface area contributed by atoms with Crippen LogP contribution < -0.4 is 5.73 Å². The van der Waals surface area contributed by atoms with Gasteiger partial charge in [-0.1, -0.05) is 0 Å². The summed E-state index contributed by atoms with van der Waals surface area (Å²) in [5.74, 6) is 0.0956. The summed E-state index contributed by atoms with van der Waals surface area (Å²) in [5, 5.41) is 0. The minimum absolute atomic E-state index is 0.0399. The number of rotatable bonds is 3. The average Bonchev–Trinajstić information content (AvgIpc) is 2.55. The van der Waals surface area contributed by atoms with E-state index in [0.29, 0.717) is 19.6 Å². The third-order valence-corrected chi connectivity index (χ3v) is 3.94. The predicted molar refractivity (Wildman–Crippen MR) is 86.3 cm³/mol. The summed E-state index contributed by atoms with van der Waals surface area (Å²) in [6, 6.07) is -0.0444. The number of urea groups is 1. The number of hydrogen-bond donors (Lipinski definition) is 1. The molecule has 0 bridgehead atoms. The van der Waals surface area contributed by atoms with Crippen molar-refractivity contribution in [1.29, 1.82) is 0 Å². The number of amides is 3. The van der Waals surface area contributed by atoms with Gasteiger partial charge in [0.25, 0.3) is 0 Å². The molecule has 2 heterocycles. The monoisotopic (exact) mass is 320 g/mol. The topological polar surface area (TPSA) is 95.7 Å². The largest absolute Gasteiger partial charge is 0.368 e. The van der Waals surface area contributed by atoms with E-state index in [0.717, 1.165) is 18.4 Å². The molecular weight excluding hydrogens is 296 g/mol. The van der Waals surface area contributed by atoms with Gasteiger partial charge >= 0.3 is 6.03 Å². The fourth-order valence-electron chi connectivity index (χ4n) is 2.75. The van der Waals surface area contributed by atoms with Crippen LogP contribution in [0.4, 0.5) is 10.7 Å². The highest BCUT2D eigenvalue weighted by atomic mass is 16.2. The molecule has 2 N–H and O–H groups in total. The van der Waals surface area contributed by atoms with E-state index in [9.17, 15) is 9.59 Å². The van der Waals surface area contributed by atoms with E-state index in [1.54, 1.807) is 48.2 Å². The van der Waals surface area contributed by atoms with Crippen LogP contribution in [-0.4, -0.2) is 70.8 Å². The van der Waals surface area contributed by atoms with Crippen LogP contribution in [0.2, 0.25) is 0 Å². The maximum Gasteiger partial charge on any atom is 0.319 e. The maximum absolute atomic E-state index is 12.6. The summed E-state index contributed by atoms with van der Waals surface area (Å²) in [5.41, 5.74) is 6.28. The molecule has 1 fully saturated rings. The Morgan fingerprint density at radius 3 is 2.57 bits per heavy atom. The fraction of sp³-hybridized carbons (Fsp3) is 0.600. The molecule has 1 aromatic rings. The van der Waals surface area contributed by atoms with Crippen LogP contribution in [-0.2, 0) is 11.3 Å². The molecule has 1 aromatic heterocycles. The van der Waals surface area contributed by atoms with Crippen LogP contribution in [0.5, 0.6) is 0 Å². The van der Waals surface area contributed by atoms with Crippen molar-refractivity contribution < 1.29 is 9.59 Å². The van der Waals surface area contributed by atoms with Crippen molar-refractivity contribution in [3.05, 3.63) is 18.0 Å². The molecule has 1 saturated heterocycles. The standard InChI is InChI=1S/C15H24N6O2/c1-19(2)15(23)21-6-4-5-12(10-21)13(22)20(3)9-11-7-17-14(16)18-8-11/h7-8,12H,4-6,9-10H2,1-3H3,(H2,16,17,18)/t12-/m1/s1. The Kier molecular flexibility index (Phi) is 5.36. The Hall–Kier alpha value is -2.38. The second-order valence-electron chi connectivity index (χ2n) is 6.11. The van der Waals surface area contributed by atoms with Gasteiger partial charge in [-0.05, 0) is 12.8 Å². The normalized spacial score (nSPS) is 17.7. The molecule has 8 heteroatoms. The second-order valence-corrected chi connectivity index (χ2v) is 6.11. The summed E-state index contributed by atoms with van der Waals surface area (Å²) in [6.07, 6.45) is 4.89. The number of nitrogens with two attached hydrogens (primary N) is 1. The number of hydrogen-bond acceptors (Lipinski definition) is 5. The third kappa shape index (κ3) is 4.30. The second kappa shape index (κ2) is 7.26. The molecule has 0 spiro atoms. The number of aromatic nitrogens is 2. The molecule has 1 atom stereocenters. The van der Waals surface area contributed by atoms with Crippen molar-refractivity contribution in [2.75, 3.05) is 40.0 Å². The van der Waals surface area contributed by atoms with E-state index < -0.39 is 0 Å². The lowest BCUT2D eigenvalue weighted by atomic mass is 9.96. The van der Waals surface area contributed by atoms with E-state index in [1.165, 1.54) is 0 Å². The van der Waals surface area contributed by atoms with Gasteiger partial charge in [0.15, 0.2) is 0 Å². The lowest BCUT2D eigenvalue weighted by Gasteiger charge is -2.35. The summed E-state index contributed by atoms with van der Waals surface area (Å²) in [6.45, 7) is 1.60. The van der Waals surface area contributed by atoms with E-state index in [1.807, 2.05) is 0 Å². The number of nitrogen functional groups attached to an aromatic ring is 1. The molecule has 3 amide bonds. The fourth-order valence-corrected chi connectivity index (χ4v) is 2.75. The Bertz CT molecular complexity index is 560. The van der Waals surface area contributed by atoms with Crippen molar-refractivity contribution in [2.24, 2.45) is 5.92 Å². The molecule has 0 radical (unpaired) electrons. The van der Waals surface area contributed by atoms with Crippen molar-refractivity contribution in [3.8, 4) is 0 Å². The Balaban J connectivity index is 1.95. The highest BCUT2D eigenvalue weighted by molar-refractivity contribution is 5.80. The van der Waals surface area contributed by atoms with Crippen LogP contribution >= 0.6 is 0 Å². The number of piperidine rings is 1. The first kappa shape index (κ1) is 17.0. The number of nitrogens with zero attached hydrogens (tertiary/aromatic N) is 5. The number of carbonyl (C=O) groups is 2. The molecule has 1 aliphatic heterocycles. The van der Waals surface area contributed by atoms with Crippen LogP contribution in [0.15, 0.2) is 12.4 Å². The van der Waals surface area contributed by atoms with Gasteiger partial charge < -0.3 is 20.4 Å². The zero-order valence-electron chi connectivity index (χ0n) is 13.9. The highest BCUT2D eigenvalue weighted by Gasteiger charge is 2.30. The molecule has 126 valence electrons. The van der Waals surface area contributed by atoms with Gasteiger partial charge in [-0.2, -0.15) is 0 Å². The Labute approximate surface area is 136 Å². The van der Waals surface area contributed by atoms with Crippen molar-refractivity contribution in [2.45, 2.75) is 19.4 Å². The number of anilines is 1. The summed E-state index contributed by atoms with van der Waals surface area (Å²) in [4.78, 5) is 37.5. The quantitative estimate of drug-likeness (QED) is 0.870. The molecule has 0 aromatic carbocycles. The first-order valence-corrected chi connectivity index (χ1v) is 7.66. The van der Waals surface area contributed by atoms with Crippen molar-refractivity contribution >= 4 is 17.9 Å². The van der Waals surface area contributed by atoms with E-state index in [4.69, 9.17) is 5.73 Å². The lowest BCUT2D eigenvalue weighted by Crippen LogP contribution is -2.48. The van der Waals surface area contributed by atoms with Gasteiger partial charge in [0, 0.05) is 58.7 Å². The maximum atomic E-state index is 12.6. The zero-order chi connectivity index (χ0) is 17.0. The molecule has 0 unspecified atom stereocenters. The average molecular weight is 320 g/mol. The number of likely N-dealkylation sites (tertiary alicyclic amines) is 1. The molecule has 1 aliphatic rings. The van der Waals surface area contributed by atoms with E-state index in [2.05, 4.69) is 9.97 Å².